The highest BCUT2D eigenvalue weighted by molar-refractivity contribution is 8.14. The monoisotopic (exact) mass is 244 g/mol. The SMILES string of the molecule is CC1CCCC(C)N1C(=O)CSC(N)=NN. The number of hydrogen-bond acceptors (Lipinski definition) is 4. The van der Waals surface area contributed by atoms with E-state index in [4.69, 9.17) is 11.6 Å². The van der Waals surface area contributed by atoms with E-state index in [1.165, 1.54) is 18.2 Å². The van der Waals surface area contributed by atoms with Crippen LogP contribution in [0.15, 0.2) is 5.10 Å². The van der Waals surface area contributed by atoms with Gasteiger partial charge < -0.3 is 16.5 Å². The van der Waals surface area contributed by atoms with Gasteiger partial charge in [0.2, 0.25) is 5.91 Å². The van der Waals surface area contributed by atoms with Crippen molar-refractivity contribution in [1.29, 1.82) is 0 Å². The summed E-state index contributed by atoms with van der Waals surface area (Å²) in [6, 6.07) is 0.653. The van der Waals surface area contributed by atoms with Crippen LogP contribution < -0.4 is 11.6 Å². The van der Waals surface area contributed by atoms with E-state index < -0.39 is 0 Å². The summed E-state index contributed by atoms with van der Waals surface area (Å²) in [5.41, 5.74) is 5.44. The number of piperidine rings is 1. The molecule has 4 N–H and O–H groups in total. The second-order valence-electron chi connectivity index (χ2n) is 4.19. The van der Waals surface area contributed by atoms with E-state index in [0.717, 1.165) is 12.8 Å². The zero-order valence-electron chi connectivity index (χ0n) is 9.85. The van der Waals surface area contributed by atoms with Gasteiger partial charge in [0.25, 0.3) is 0 Å². The Labute approximate surface area is 101 Å². The van der Waals surface area contributed by atoms with E-state index in [1.807, 2.05) is 4.90 Å². The van der Waals surface area contributed by atoms with Gasteiger partial charge in [0.15, 0.2) is 5.17 Å². The predicted molar refractivity (Wildman–Crippen MR) is 67.9 cm³/mol. The molecule has 1 fully saturated rings. The van der Waals surface area contributed by atoms with Crippen molar-refractivity contribution in [1.82, 2.24) is 4.90 Å². The Balaban J connectivity index is 2.51. The molecule has 0 aromatic heterocycles. The van der Waals surface area contributed by atoms with Gasteiger partial charge in [-0.2, -0.15) is 5.10 Å². The van der Waals surface area contributed by atoms with E-state index in [-0.39, 0.29) is 11.1 Å². The largest absolute Gasteiger partial charge is 0.377 e. The van der Waals surface area contributed by atoms with Crippen LogP contribution in [-0.4, -0.2) is 33.8 Å². The number of hydrogen-bond donors (Lipinski definition) is 2. The molecule has 0 radical (unpaired) electrons. The molecule has 1 amide bonds. The topological polar surface area (TPSA) is 84.7 Å². The Bertz CT molecular complexity index is 272. The summed E-state index contributed by atoms with van der Waals surface area (Å²) in [5.74, 6) is 5.45. The minimum Gasteiger partial charge on any atom is -0.377 e. The summed E-state index contributed by atoms with van der Waals surface area (Å²) in [4.78, 5) is 14.0. The summed E-state index contributed by atoms with van der Waals surface area (Å²) in [6.07, 6.45) is 3.37. The first-order chi connectivity index (χ1) is 7.56. The van der Waals surface area contributed by atoms with Gasteiger partial charge in [0.1, 0.15) is 0 Å². The van der Waals surface area contributed by atoms with Gasteiger partial charge in [-0.15, -0.1) is 0 Å². The molecule has 5 nitrogen and oxygen atoms in total. The van der Waals surface area contributed by atoms with Crippen molar-refractivity contribution in [3.63, 3.8) is 0 Å². The molecule has 0 aromatic rings. The molecule has 0 aromatic carbocycles. The number of amides is 1. The molecule has 16 heavy (non-hydrogen) atoms. The lowest BCUT2D eigenvalue weighted by atomic mass is 9.98. The lowest BCUT2D eigenvalue weighted by Crippen LogP contribution is -2.48. The van der Waals surface area contributed by atoms with Crippen LogP contribution in [0.1, 0.15) is 33.1 Å². The maximum absolute atomic E-state index is 12.0. The average molecular weight is 244 g/mol. The summed E-state index contributed by atoms with van der Waals surface area (Å²) in [5, 5.41) is 3.59. The third kappa shape index (κ3) is 3.30. The van der Waals surface area contributed by atoms with Gasteiger partial charge >= 0.3 is 0 Å². The zero-order chi connectivity index (χ0) is 12.1. The van der Waals surface area contributed by atoms with Crippen molar-refractivity contribution in [2.45, 2.75) is 45.2 Å². The molecule has 1 aliphatic rings. The van der Waals surface area contributed by atoms with Crippen LogP contribution in [0.4, 0.5) is 0 Å². The zero-order valence-corrected chi connectivity index (χ0v) is 10.7. The van der Waals surface area contributed by atoms with Crippen LogP contribution >= 0.6 is 11.8 Å². The highest BCUT2D eigenvalue weighted by Gasteiger charge is 2.28. The number of likely N-dealkylation sites (tertiary alicyclic amines) is 1. The maximum Gasteiger partial charge on any atom is 0.233 e. The van der Waals surface area contributed by atoms with Crippen molar-refractivity contribution < 1.29 is 4.79 Å². The quantitative estimate of drug-likeness (QED) is 0.324. The molecule has 0 bridgehead atoms. The van der Waals surface area contributed by atoms with Crippen LogP contribution in [0, 0.1) is 0 Å². The molecule has 0 spiro atoms. The van der Waals surface area contributed by atoms with Gasteiger partial charge in [-0.05, 0) is 33.1 Å². The van der Waals surface area contributed by atoms with Gasteiger partial charge in [-0.1, -0.05) is 11.8 Å². The fourth-order valence-corrected chi connectivity index (χ4v) is 2.66. The molecule has 2 atom stereocenters. The van der Waals surface area contributed by atoms with Crippen LogP contribution in [0.25, 0.3) is 0 Å². The normalized spacial score (nSPS) is 26.9. The Hall–Kier alpha value is -0.910. The fraction of sp³-hybridized carbons (Fsp3) is 0.800. The Kier molecular flexibility index (Phi) is 4.92. The molecule has 1 saturated heterocycles. The van der Waals surface area contributed by atoms with Crippen molar-refractivity contribution >= 4 is 22.8 Å². The van der Waals surface area contributed by atoms with Crippen LogP contribution in [0.3, 0.4) is 0 Å². The van der Waals surface area contributed by atoms with E-state index >= 15 is 0 Å². The second-order valence-corrected chi connectivity index (χ2v) is 5.18. The number of carbonyl (C=O) groups excluding carboxylic acids is 1. The molecule has 1 aliphatic heterocycles. The summed E-state index contributed by atoms with van der Waals surface area (Å²) < 4.78 is 0. The standard InChI is InChI=1S/C10H20N4OS/c1-7-4-3-5-8(2)14(7)9(15)6-16-10(11)13-12/h7-8H,3-6,12H2,1-2H3,(H2,11,13). The minimum absolute atomic E-state index is 0.122. The second kappa shape index (κ2) is 5.98. The van der Waals surface area contributed by atoms with Crippen molar-refractivity contribution in [2.75, 3.05) is 5.75 Å². The molecule has 92 valence electrons. The van der Waals surface area contributed by atoms with Crippen molar-refractivity contribution in [3.8, 4) is 0 Å². The number of rotatable bonds is 2. The number of amidine groups is 1. The molecular weight excluding hydrogens is 224 g/mol. The highest BCUT2D eigenvalue weighted by atomic mass is 32.2. The van der Waals surface area contributed by atoms with Gasteiger partial charge in [0.05, 0.1) is 5.75 Å². The highest BCUT2D eigenvalue weighted by Crippen LogP contribution is 2.23. The molecule has 1 rings (SSSR count). The fourth-order valence-electron chi connectivity index (χ4n) is 2.16. The number of hydrazone groups is 1. The first kappa shape index (κ1) is 13.2. The summed E-state index contributed by atoms with van der Waals surface area (Å²) >= 11 is 1.19. The summed E-state index contributed by atoms with van der Waals surface area (Å²) in [6.45, 7) is 4.19. The van der Waals surface area contributed by atoms with Crippen LogP contribution in [-0.2, 0) is 4.79 Å². The third-order valence-electron chi connectivity index (χ3n) is 2.95. The molecule has 1 heterocycles. The number of thioether (sulfide) groups is 1. The minimum atomic E-state index is 0.122. The Morgan fingerprint density at radius 3 is 2.50 bits per heavy atom. The number of carbonyl (C=O) groups is 1. The molecule has 0 saturated carbocycles. The van der Waals surface area contributed by atoms with Crippen LogP contribution in [0.5, 0.6) is 0 Å². The molecule has 0 aliphatic carbocycles. The molecule has 2 unspecified atom stereocenters. The summed E-state index contributed by atoms with van der Waals surface area (Å²) in [7, 11) is 0. The number of nitrogens with zero attached hydrogens (tertiary/aromatic N) is 2. The first-order valence-electron chi connectivity index (χ1n) is 5.53. The maximum atomic E-state index is 12.0. The Morgan fingerprint density at radius 2 is 2.00 bits per heavy atom. The Morgan fingerprint density at radius 1 is 1.44 bits per heavy atom. The van der Waals surface area contributed by atoms with E-state index in [0.29, 0.717) is 17.8 Å². The molecular formula is C10H20N4OS. The number of nitrogens with two attached hydrogens (primary N) is 2. The van der Waals surface area contributed by atoms with Crippen molar-refractivity contribution in [2.24, 2.45) is 16.7 Å². The lowest BCUT2D eigenvalue weighted by molar-refractivity contribution is -0.134. The predicted octanol–water partition coefficient (Wildman–Crippen LogP) is 0.698. The van der Waals surface area contributed by atoms with E-state index in [9.17, 15) is 4.79 Å². The van der Waals surface area contributed by atoms with Gasteiger partial charge in [-0.3, -0.25) is 4.79 Å². The average Bonchev–Trinajstić information content (AvgIpc) is 2.25. The van der Waals surface area contributed by atoms with Crippen molar-refractivity contribution in [3.05, 3.63) is 0 Å². The first-order valence-corrected chi connectivity index (χ1v) is 6.52. The van der Waals surface area contributed by atoms with Gasteiger partial charge in [-0.25, -0.2) is 0 Å². The smallest absolute Gasteiger partial charge is 0.233 e. The van der Waals surface area contributed by atoms with Crippen LogP contribution in [0.2, 0.25) is 0 Å². The third-order valence-corrected chi connectivity index (χ3v) is 3.74. The molecule has 6 heteroatoms. The van der Waals surface area contributed by atoms with Gasteiger partial charge in [0, 0.05) is 12.1 Å². The van der Waals surface area contributed by atoms with E-state index in [1.54, 1.807) is 0 Å². The lowest BCUT2D eigenvalue weighted by Gasteiger charge is -2.39. The van der Waals surface area contributed by atoms with E-state index in [2.05, 4.69) is 18.9 Å².